The summed E-state index contributed by atoms with van der Waals surface area (Å²) in [6.07, 6.45) is 0.234. The Kier molecular flexibility index (Phi) is 5.17. The molecule has 5 aromatic rings. The zero-order chi connectivity index (χ0) is 25.7. The van der Waals surface area contributed by atoms with Crippen molar-refractivity contribution in [3.63, 3.8) is 0 Å². The van der Waals surface area contributed by atoms with Gasteiger partial charge in [0, 0.05) is 24.9 Å². The monoisotopic (exact) mass is 510 g/mol. The van der Waals surface area contributed by atoms with Gasteiger partial charge in [-0.05, 0) is 30.3 Å². The van der Waals surface area contributed by atoms with Crippen molar-refractivity contribution in [2.75, 3.05) is 13.7 Å². The molecule has 0 spiro atoms. The molecule has 1 atom stereocenters. The number of pyridine rings is 2. The maximum absolute atomic E-state index is 13.6. The summed E-state index contributed by atoms with van der Waals surface area (Å²) in [5.41, 5.74) is 0.833. The molecule has 1 aliphatic rings. The molecule has 0 fully saturated rings. The van der Waals surface area contributed by atoms with Gasteiger partial charge in [0.15, 0.2) is 0 Å². The number of carbonyl (C=O) groups excluding carboxylic acids is 1. The second kappa shape index (κ2) is 8.43. The molecule has 0 aliphatic carbocycles. The minimum absolute atomic E-state index is 0.0302. The third-order valence-electron chi connectivity index (χ3n) is 6.09. The van der Waals surface area contributed by atoms with Crippen molar-refractivity contribution in [1.82, 2.24) is 39.7 Å². The normalized spacial score (nSPS) is 15.7. The van der Waals surface area contributed by atoms with Gasteiger partial charge in [-0.15, -0.1) is 10.2 Å². The predicted octanol–water partition coefficient (Wildman–Crippen LogP) is 3.32. The fourth-order valence-corrected chi connectivity index (χ4v) is 4.37. The lowest BCUT2D eigenvalue weighted by Gasteiger charge is -2.32. The summed E-state index contributed by atoms with van der Waals surface area (Å²) in [5, 5.41) is 12.2. The number of imidazole rings is 1. The van der Waals surface area contributed by atoms with E-state index in [0.717, 1.165) is 16.3 Å². The molecule has 1 aliphatic heterocycles. The van der Waals surface area contributed by atoms with Crippen LogP contribution in [0.2, 0.25) is 0 Å². The van der Waals surface area contributed by atoms with Crippen molar-refractivity contribution < 1.29 is 27.1 Å². The predicted molar refractivity (Wildman–Crippen MR) is 119 cm³/mol. The second-order valence-electron chi connectivity index (χ2n) is 8.23. The first kappa shape index (κ1) is 22.7. The van der Waals surface area contributed by atoms with Gasteiger partial charge in [0.2, 0.25) is 0 Å². The van der Waals surface area contributed by atoms with Crippen LogP contribution in [0.25, 0.3) is 17.1 Å². The molecule has 0 radical (unpaired) electrons. The highest BCUT2D eigenvalue weighted by Crippen LogP contribution is 2.37. The maximum Gasteiger partial charge on any atom is 0.418 e. The smallest absolute Gasteiger partial charge is 0.418 e. The highest BCUT2D eigenvalue weighted by atomic mass is 19.4. The lowest BCUT2D eigenvalue weighted by Crippen LogP contribution is -2.41. The molecule has 6 rings (SSSR count). The van der Waals surface area contributed by atoms with E-state index in [1.165, 1.54) is 42.9 Å². The number of aromatic nitrogens is 7. The Hall–Kier alpha value is -4.75. The van der Waals surface area contributed by atoms with Crippen LogP contribution < -0.4 is 4.74 Å². The molecule has 0 saturated carbocycles. The van der Waals surface area contributed by atoms with Crippen molar-refractivity contribution in [1.29, 1.82) is 0 Å². The number of nitrogens with zero attached hydrogens (tertiary/aromatic N) is 7. The van der Waals surface area contributed by atoms with Crippen molar-refractivity contribution in [2.24, 2.45) is 0 Å². The first-order chi connectivity index (χ1) is 17.8. The topological polar surface area (TPSA) is 127 Å². The molecule has 0 bridgehead atoms. The lowest BCUT2D eigenvalue weighted by atomic mass is 9.99. The second-order valence-corrected chi connectivity index (χ2v) is 8.23. The molecule has 1 amide bonds. The lowest BCUT2D eigenvalue weighted by molar-refractivity contribution is -0.136. The van der Waals surface area contributed by atoms with Crippen LogP contribution in [0.15, 0.2) is 53.5 Å². The molecular weight excluding hydrogens is 493 g/mol. The number of rotatable bonds is 4. The van der Waals surface area contributed by atoms with Crippen LogP contribution >= 0.6 is 0 Å². The Bertz CT molecular complexity index is 1610. The average molecular weight is 510 g/mol. The molecular formula is C23H17F3N8O3. The number of aromatic amines is 1. The van der Waals surface area contributed by atoms with E-state index in [4.69, 9.17) is 9.15 Å². The van der Waals surface area contributed by atoms with Crippen LogP contribution in [-0.2, 0) is 12.6 Å². The highest BCUT2D eigenvalue weighted by Gasteiger charge is 2.39. The van der Waals surface area contributed by atoms with Crippen molar-refractivity contribution in [3.05, 3.63) is 77.6 Å². The Morgan fingerprint density at radius 2 is 2.08 bits per heavy atom. The number of halogens is 3. The fraction of sp³-hybridized carbons (Fsp3) is 0.217. The zero-order valence-corrected chi connectivity index (χ0v) is 19.1. The van der Waals surface area contributed by atoms with Crippen LogP contribution in [0.1, 0.15) is 39.4 Å². The molecule has 5 aromatic heterocycles. The summed E-state index contributed by atoms with van der Waals surface area (Å²) in [5.74, 6) is -0.343. The van der Waals surface area contributed by atoms with Crippen LogP contribution in [0, 0.1) is 0 Å². The fourth-order valence-electron chi connectivity index (χ4n) is 4.37. The Morgan fingerprint density at radius 1 is 1.22 bits per heavy atom. The number of nitrogens with one attached hydrogen (secondary N) is 1. The van der Waals surface area contributed by atoms with Crippen LogP contribution in [0.3, 0.4) is 0 Å². The SMILES string of the molecule is COc1ccc(-c2nnc(C(=O)N3CCc4[nH]cnc4[C@H]3c3cc4c(C(F)(F)F)cccn4n3)o2)nc1. The molecule has 0 saturated heterocycles. The Balaban J connectivity index is 1.39. The first-order valence-electron chi connectivity index (χ1n) is 11.1. The van der Waals surface area contributed by atoms with E-state index in [1.807, 2.05) is 0 Å². The molecule has 188 valence electrons. The van der Waals surface area contributed by atoms with Gasteiger partial charge in [-0.25, -0.2) is 14.5 Å². The molecule has 6 heterocycles. The van der Waals surface area contributed by atoms with E-state index in [9.17, 15) is 18.0 Å². The maximum atomic E-state index is 13.6. The number of ether oxygens (including phenoxy) is 1. The van der Waals surface area contributed by atoms with Crippen LogP contribution in [0.4, 0.5) is 13.2 Å². The molecule has 37 heavy (non-hydrogen) atoms. The quantitative estimate of drug-likeness (QED) is 0.390. The van der Waals surface area contributed by atoms with Crippen molar-refractivity contribution in [3.8, 4) is 17.3 Å². The van der Waals surface area contributed by atoms with Crippen LogP contribution in [0.5, 0.6) is 5.75 Å². The largest absolute Gasteiger partial charge is 0.495 e. The number of hydrogen-bond donors (Lipinski definition) is 1. The van der Waals surface area contributed by atoms with E-state index in [0.29, 0.717) is 23.6 Å². The summed E-state index contributed by atoms with van der Waals surface area (Å²) in [4.78, 5) is 26.5. The van der Waals surface area contributed by atoms with Gasteiger partial charge in [0.05, 0.1) is 42.1 Å². The zero-order valence-electron chi connectivity index (χ0n) is 19.1. The first-order valence-corrected chi connectivity index (χ1v) is 11.1. The number of fused-ring (bicyclic) bond motifs is 2. The van der Waals surface area contributed by atoms with Gasteiger partial charge >= 0.3 is 18.0 Å². The minimum Gasteiger partial charge on any atom is -0.495 e. The summed E-state index contributed by atoms with van der Waals surface area (Å²) in [6, 6.07) is 5.96. The van der Waals surface area contributed by atoms with Crippen LogP contribution in [-0.4, -0.2) is 59.2 Å². The molecule has 1 N–H and O–H groups in total. The third-order valence-corrected chi connectivity index (χ3v) is 6.09. The third kappa shape index (κ3) is 3.86. The highest BCUT2D eigenvalue weighted by molar-refractivity contribution is 5.90. The number of carbonyl (C=O) groups is 1. The Labute approximate surface area is 205 Å². The van der Waals surface area contributed by atoms with E-state index in [1.54, 1.807) is 12.1 Å². The number of alkyl halides is 3. The molecule has 0 aromatic carbocycles. The summed E-state index contributed by atoms with van der Waals surface area (Å²) in [7, 11) is 1.51. The molecule has 11 nitrogen and oxygen atoms in total. The van der Waals surface area contributed by atoms with Gasteiger partial charge in [-0.2, -0.15) is 18.3 Å². The van der Waals surface area contributed by atoms with Crippen molar-refractivity contribution in [2.45, 2.75) is 18.6 Å². The van der Waals surface area contributed by atoms with E-state index >= 15 is 0 Å². The van der Waals surface area contributed by atoms with Crippen molar-refractivity contribution >= 4 is 11.4 Å². The number of hydrogen-bond acceptors (Lipinski definition) is 8. The summed E-state index contributed by atoms with van der Waals surface area (Å²) >= 11 is 0. The van der Waals surface area contributed by atoms with Gasteiger partial charge in [0.25, 0.3) is 5.89 Å². The number of methoxy groups -OCH3 is 1. The van der Waals surface area contributed by atoms with Gasteiger partial charge in [-0.1, -0.05) is 0 Å². The van der Waals surface area contributed by atoms with Gasteiger partial charge < -0.3 is 19.0 Å². The average Bonchev–Trinajstić information content (AvgIpc) is 3.66. The van der Waals surface area contributed by atoms with E-state index in [2.05, 4.69) is 30.2 Å². The standard InChI is InChI=1S/C23H17F3N8O3/c1-36-12-4-5-15(27-10-12)20-30-31-21(37-20)22(35)33-8-6-14-18(29-11-28-14)19(33)16-9-17-13(23(24,25)26)3-2-7-34(17)32-16/h2-5,7,9-11,19H,6,8H2,1H3,(H,28,29)/t19-/m1/s1. The summed E-state index contributed by atoms with van der Waals surface area (Å²) < 4.78 is 52.7. The minimum atomic E-state index is -4.57. The molecule has 0 unspecified atom stereocenters. The number of H-pyrrole nitrogens is 1. The van der Waals surface area contributed by atoms with E-state index in [-0.39, 0.29) is 29.5 Å². The Morgan fingerprint density at radius 3 is 2.84 bits per heavy atom. The van der Waals surface area contributed by atoms with E-state index < -0.39 is 23.7 Å². The molecule has 14 heteroatoms. The van der Waals surface area contributed by atoms with Gasteiger partial charge in [0.1, 0.15) is 17.5 Å². The summed E-state index contributed by atoms with van der Waals surface area (Å²) in [6.45, 7) is 0.219. The van der Waals surface area contributed by atoms with Gasteiger partial charge in [-0.3, -0.25) is 4.79 Å². The number of amides is 1.